The van der Waals surface area contributed by atoms with Crippen LogP contribution in [0.3, 0.4) is 0 Å². The van der Waals surface area contributed by atoms with Crippen molar-refractivity contribution in [2.45, 2.75) is 18.9 Å². The van der Waals surface area contributed by atoms with Crippen molar-refractivity contribution in [2.24, 2.45) is 11.8 Å². The van der Waals surface area contributed by atoms with Crippen LogP contribution in [0, 0.1) is 11.8 Å². The fourth-order valence-corrected chi connectivity index (χ4v) is 3.05. The number of methoxy groups -OCH3 is 1. The minimum Gasteiger partial charge on any atom is -0.394 e. The lowest BCUT2D eigenvalue weighted by Crippen LogP contribution is -2.71. The Morgan fingerprint density at radius 3 is 2.87 bits per heavy atom. The van der Waals surface area contributed by atoms with Crippen LogP contribution < -0.4 is 0 Å². The number of carbonyl (C=O) groups excluding carboxylic acids is 1. The van der Waals surface area contributed by atoms with E-state index in [1.165, 1.54) is 0 Å². The predicted molar refractivity (Wildman–Crippen MR) is 55.5 cm³/mol. The topological polar surface area (TPSA) is 49.8 Å². The first-order valence-electron chi connectivity index (χ1n) is 5.55. The van der Waals surface area contributed by atoms with Crippen LogP contribution in [0.4, 0.5) is 0 Å². The molecule has 4 atom stereocenters. The summed E-state index contributed by atoms with van der Waals surface area (Å²) in [5.74, 6) is 0.719. The molecule has 15 heavy (non-hydrogen) atoms. The summed E-state index contributed by atoms with van der Waals surface area (Å²) in [5, 5.41) is 9.51. The highest BCUT2D eigenvalue weighted by Gasteiger charge is 2.55. The second-order valence-corrected chi connectivity index (χ2v) is 4.81. The van der Waals surface area contributed by atoms with Gasteiger partial charge in [0.25, 0.3) is 0 Å². The van der Waals surface area contributed by atoms with Crippen molar-refractivity contribution < 1.29 is 14.6 Å². The number of hydrogen-bond acceptors (Lipinski definition) is 4. The number of Topliss-reactive ketones (excluding diaryl/α,β-unsaturated/α-hetero) is 1. The highest BCUT2D eigenvalue weighted by molar-refractivity contribution is 5.92. The van der Waals surface area contributed by atoms with Crippen LogP contribution in [0.25, 0.3) is 0 Å². The molecular formula is C11H19NO3. The first-order valence-corrected chi connectivity index (χ1v) is 5.55. The molecular weight excluding hydrogens is 194 g/mol. The molecule has 3 fully saturated rings. The third-order valence-electron chi connectivity index (χ3n) is 3.95. The lowest BCUT2D eigenvalue weighted by Gasteiger charge is -2.54. The van der Waals surface area contributed by atoms with Crippen LogP contribution in [0.15, 0.2) is 0 Å². The molecule has 4 heteroatoms. The molecule has 3 aliphatic heterocycles. The van der Waals surface area contributed by atoms with Gasteiger partial charge >= 0.3 is 0 Å². The number of aliphatic hydroxyl groups is 1. The minimum atomic E-state index is -0.746. The normalized spacial score (nSPS) is 44.7. The zero-order valence-electron chi connectivity index (χ0n) is 9.40. The summed E-state index contributed by atoms with van der Waals surface area (Å²) < 4.78 is 5.11. The van der Waals surface area contributed by atoms with Gasteiger partial charge in [0, 0.05) is 19.6 Å². The molecule has 0 spiro atoms. The first kappa shape index (κ1) is 11.0. The van der Waals surface area contributed by atoms with Gasteiger partial charge in [0.2, 0.25) is 0 Å². The second kappa shape index (κ2) is 3.85. The van der Waals surface area contributed by atoms with Gasteiger partial charge in [0.05, 0.1) is 13.2 Å². The van der Waals surface area contributed by atoms with Crippen molar-refractivity contribution in [1.82, 2.24) is 4.90 Å². The Labute approximate surface area is 90.2 Å². The third kappa shape index (κ3) is 1.43. The Hall–Kier alpha value is -0.450. The van der Waals surface area contributed by atoms with Gasteiger partial charge in [-0.2, -0.15) is 0 Å². The number of rotatable bonds is 3. The summed E-state index contributed by atoms with van der Waals surface area (Å²) in [6.07, 6.45) is 0.936. The Morgan fingerprint density at radius 2 is 2.40 bits per heavy atom. The quantitative estimate of drug-likeness (QED) is 0.711. The largest absolute Gasteiger partial charge is 0.394 e. The van der Waals surface area contributed by atoms with Crippen LogP contribution in [-0.4, -0.2) is 54.7 Å². The van der Waals surface area contributed by atoms with Gasteiger partial charge in [-0.15, -0.1) is 0 Å². The lowest BCUT2D eigenvalue weighted by molar-refractivity contribution is -0.163. The standard InChI is InChI=1S/C11H19NO3/c1-8-5-12-4-3-9(8)10(14)11(12,6-13)7-15-2/h8-9,13H,3-7H2,1-2H3/t8-,9+,11+/m0/s1. The molecule has 3 saturated heterocycles. The van der Waals surface area contributed by atoms with Crippen molar-refractivity contribution >= 4 is 5.78 Å². The fraction of sp³-hybridized carbons (Fsp3) is 0.909. The van der Waals surface area contributed by atoms with Crippen molar-refractivity contribution in [3.05, 3.63) is 0 Å². The molecule has 1 N–H and O–H groups in total. The van der Waals surface area contributed by atoms with Crippen LogP contribution in [-0.2, 0) is 9.53 Å². The maximum Gasteiger partial charge on any atom is 0.161 e. The van der Waals surface area contributed by atoms with Crippen LogP contribution >= 0.6 is 0 Å². The fourth-order valence-electron chi connectivity index (χ4n) is 3.05. The summed E-state index contributed by atoms with van der Waals surface area (Å²) in [6, 6.07) is 0. The molecule has 0 radical (unpaired) electrons. The maximum atomic E-state index is 12.3. The van der Waals surface area contributed by atoms with E-state index in [9.17, 15) is 9.90 Å². The Balaban J connectivity index is 2.29. The number of carbonyl (C=O) groups is 1. The molecule has 0 saturated carbocycles. The molecule has 0 aliphatic carbocycles. The van der Waals surface area contributed by atoms with Crippen LogP contribution in [0.1, 0.15) is 13.3 Å². The molecule has 3 heterocycles. The number of aliphatic hydroxyl groups excluding tert-OH is 1. The number of piperidine rings is 3. The highest BCUT2D eigenvalue weighted by atomic mass is 16.5. The number of fused-ring (bicyclic) bond motifs is 3. The maximum absolute atomic E-state index is 12.3. The van der Waals surface area contributed by atoms with Crippen molar-refractivity contribution in [1.29, 1.82) is 0 Å². The van der Waals surface area contributed by atoms with E-state index >= 15 is 0 Å². The zero-order valence-corrected chi connectivity index (χ0v) is 9.40. The first-order chi connectivity index (χ1) is 7.15. The zero-order chi connectivity index (χ0) is 11.1. The summed E-state index contributed by atoms with van der Waals surface area (Å²) in [4.78, 5) is 14.4. The van der Waals surface area contributed by atoms with Gasteiger partial charge in [-0.25, -0.2) is 0 Å². The SMILES string of the molecule is COC[C@]1(CO)C(=O)[C@@H]2CCN1C[C@@H]2C. The summed E-state index contributed by atoms with van der Waals surface area (Å²) in [6.45, 7) is 4.11. The number of hydrogen-bond donors (Lipinski definition) is 1. The van der Waals surface area contributed by atoms with E-state index in [0.29, 0.717) is 12.5 Å². The van der Waals surface area contributed by atoms with Gasteiger partial charge in [-0.3, -0.25) is 9.69 Å². The smallest absolute Gasteiger partial charge is 0.161 e. The van der Waals surface area contributed by atoms with Crippen LogP contribution in [0.5, 0.6) is 0 Å². The molecule has 0 aromatic rings. The monoisotopic (exact) mass is 213 g/mol. The average Bonchev–Trinajstić information content (AvgIpc) is 2.23. The van der Waals surface area contributed by atoms with Crippen molar-refractivity contribution in [2.75, 3.05) is 33.4 Å². The van der Waals surface area contributed by atoms with Crippen molar-refractivity contribution in [3.8, 4) is 0 Å². The lowest BCUT2D eigenvalue weighted by atomic mass is 9.69. The predicted octanol–water partition coefficient (Wildman–Crippen LogP) is -0.0954. The van der Waals surface area contributed by atoms with E-state index in [2.05, 4.69) is 11.8 Å². The molecule has 3 aliphatic rings. The summed E-state index contributed by atoms with van der Waals surface area (Å²) in [7, 11) is 1.58. The van der Waals surface area contributed by atoms with E-state index < -0.39 is 5.54 Å². The van der Waals surface area contributed by atoms with Gasteiger partial charge in [-0.05, 0) is 18.9 Å². The Morgan fingerprint density at radius 1 is 1.67 bits per heavy atom. The average molecular weight is 213 g/mol. The molecule has 4 nitrogen and oxygen atoms in total. The van der Waals surface area contributed by atoms with Gasteiger partial charge in [0.1, 0.15) is 5.54 Å². The molecule has 2 bridgehead atoms. The number of nitrogens with zero attached hydrogens (tertiary/aromatic N) is 1. The highest BCUT2D eigenvalue weighted by Crippen LogP contribution is 2.39. The van der Waals surface area contributed by atoms with E-state index in [-0.39, 0.29) is 18.3 Å². The van der Waals surface area contributed by atoms with Crippen LogP contribution in [0.2, 0.25) is 0 Å². The van der Waals surface area contributed by atoms with Gasteiger partial charge in [-0.1, -0.05) is 6.92 Å². The minimum absolute atomic E-state index is 0.122. The van der Waals surface area contributed by atoms with E-state index in [0.717, 1.165) is 19.5 Å². The molecule has 0 amide bonds. The molecule has 86 valence electrons. The molecule has 3 rings (SSSR count). The van der Waals surface area contributed by atoms with E-state index in [1.54, 1.807) is 7.11 Å². The molecule has 1 unspecified atom stereocenters. The van der Waals surface area contributed by atoms with Crippen molar-refractivity contribution in [3.63, 3.8) is 0 Å². The third-order valence-corrected chi connectivity index (χ3v) is 3.95. The summed E-state index contributed by atoms with van der Waals surface area (Å²) in [5.41, 5.74) is -0.746. The summed E-state index contributed by atoms with van der Waals surface area (Å²) >= 11 is 0. The Kier molecular flexibility index (Phi) is 2.83. The number of ketones is 1. The van der Waals surface area contributed by atoms with E-state index in [4.69, 9.17) is 4.74 Å². The van der Waals surface area contributed by atoms with Gasteiger partial charge in [0.15, 0.2) is 5.78 Å². The molecule has 0 aromatic heterocycles. The van der Waals surface area contributed by atoms with E-state index in [1.807, 2.05) is 0 Å². The van der Waals surface area contributed by atoms with Gasteiger partial charge < -0.3 is 9.84 Å². The number of ether oxygens (including phenoxy) is 1. The molecule has 0 aromatic carbocycles. The second-order valence-electron chi connectivity index (χ2n) is 4.81. The Bertz CT molecular complexity index is 269.